The van der Waals surface area contributed by atoms with Crippen LogP contribution in [0.1, 0.15) is 31.0 Å². The number of aromatic nitrogens is 1. The van der Waals surface area contributed by atoms with Crippen molar-refractivity contribution in [1.29, 1.82) is 0 Å². The number of nitrogens with zero attached hydrogens (tertiary/aromatic N) is 2. The first-order valence-corrected chi connectivity index (χ1v) is 11.7. The highest BCUT2D eigenvalue weighted by Gasteiger charge is 2.33. The standard InChI is InChI=1S/C25H23ClN2O5S/c1-5-33-24(30)21-14(2)27-25-28(22(21)16-10-11-18(31-3)19(12-16)32-4)23(29)20(34-25)13-15-8-6-7-9-17(15)26/h6-13,22H,5H2,1-4H3/b20-13+/t22-/m1/s1. The summed E-state index contributed by atoms with van der Waals surface area (Å²) < 4.78 is 18.1. The molecule has 1 aromatic heterocycles. The number of hydrogen-bond acceptors (Lipinski definition) is 7. The molecular weight excluding hydrogens is 476 g/mol. The number of benzene rings is 2. The Bertz CT molecular complexity index is 1470. The Morgan fingerprint density at radius 1 is 1.18 bits per heavy atom. The van der Waals surface area contributed by atoms with Gasteiger partial charge >= 0.3 is 5.97 Å². The summed E-state index contributed by atoms with van der Waals surface area (Å²) in [6.07, 6.45) is 1.74. The lowest BCUT2D eigenvalue weighted by atomic mass is 9.95. The number of fused-ring (bicyclic) bond motifs is 1. The minimum absolute atomic E-state index is 0.200. The number of allylic oxidation sites excluding steroid dienone is 1. The Balaban J connectivity index is 1.99. The minimum atomic E-state index is -0.747. The second kappa shape index (κ2) is 9.87. The van der Waals surface area contributed by atoms with Crippen molar-refractivity contribution in [1.82, 2.24) is 4.57 Å². The van der Waals surface area contributed by atoms with Crippen molar-refractivity contribution in [2.24, 2.45) is 4.99 Å². The van der Waals surface area contributed by atoms with Crippen LogP contribution in [0.15, 0.2) is 63.5 Å². The third-order valence-corrected chi connectivity index (χ3v) is 6.76. The lowest BCUT2D eigenvalue weighted by Crippen LogP contribution is -2.40. The predicted octanol–water partition coefficient (Wildman–Crippen LogP) is 3.47. The van der Waals surface area contributed by atoms with Crippen LogP contribution in [0.25, 0.3) is 6.08 Å². The maximum absolute atomic E-state index is 13.6. The van der Waals surface area contributed by atoms with E-state index in [1.165, 1.54) is 23.0 Å². The third kappa shape index (κ3) is 4.26. The van der Waals surface area contributed by atoms with Gasteiger partial charge in [0.15, 0.2) is 16.3 Å². The van der Waals surface area contributed by atoms with E-state index in [9.17, 15) is 9.59 Å². The zero-order chi connectivity index (χ0) is 24.4. The smallest absolute Gasteiger partial charge is 0.338 e. The van der Waals surface area contributed by atoms with Gasteiger partial charge in [-0.2, -0.15) is 0 Å². The van der Waals surface area contributed by atoms with E-state index in [0.29, 0.717) is 42.7 Å². The van der Waals surface area contributed by atoms with Crippen LogP contribution in [-0.4, -0.2) is 31.4 Å². The molecule has 3 aromatic rings. The Labute approximate surface area is 205 Å². The molecule has 1 atom stereocenters. The Morgan fingerprint density at radius 2 is 1.91 bits per heavy atom. The van der Waals surface area contributed by atoms with Crippen molar-refractivity contribution < 1.29 is 19.0 Å². The van der Waals surface area contributed by atoms with Gasteiger partial charge in [0.05, 0.1) is 42.7 Å². The summed E-state index contributed by atoms with van der Waals surface area (Å²) in [6, 6.07) is 11.8. The van der Waals surface area contributed by atoms with E-state index in [-0.39, 0.29) is 12.2 Å². The van der Waals surface area contributed by atoms with Crippen LogP contribution in [0.4, 0.5) is 0 Å². The molecule has 0 saturated heterocycles. The van der Waals surface area contributed by atoms with Crippen LogP contribution in [0.2, 0.25) is 5.02 Å². The summed E-state index contributed by atoms with van der Waals surface area (Å²) in [5.41, 5.74) is 1.89. The van der Waals surface area contributed by atoms with Crippen molar-refractivity contribution in [3.63, 3.8) is 0 Å². The van der Waals surface area contributed by atoms with Crippen LogP contribution in [0, 0.1) is 0 Å². The monoisotopic (exact) mass is 498 g/mol. The molecule has 0 bridgehead atoms. The predicted molar refractivity (Wildman–Crippen MR) is 131 cm³/mol. The van der Waals surface area contributed by atoms with Crippen molar-refractivity contribution in [3.05, 3.63) is 89.6 Å². The van der Waals surface area contributed by atoms with Crippen molar-refractivity contribution in [2.45, 2.75) is 19.9 Å². The zero-order valence-corrected chi connectivity index (χ0v) is 20.7. The summed E-state index contributed by atoms with van der Waals surface area (Å²) in [7, 11) is 3.08. The van der Waals surface area contributed by atoms with E-state index in [1.807, 2.05) is 18.2 Å². The van der Waals surface area contributed by atoms with E-state index >= 15 is 0 Å². The van der Waals surface area contributed by atoms with Gasteiger partial charge in [-0.3, -0.25) is 9.36 Å². The third-order valence-electron chi connectivity index (χ3n) is 5.43. The first-order chi connectivity index (χ1) is 16.4. The molecule has 176 valence electrons. The number of carbonyl (C=O) groups is 1. The molecule has 0 unspecified atom stereocenters. The molecule has 2 heterocycles. The van der Waals surface area contributed by atoms with Gasteiger partial charge in [0.25, 0.3) is 5.56 Å². The van der Waals surface area contributed by atoms with Gasteiger partial charge in [-0.25, -0.2) is 9.79 Å². The minimum Gasteiger partial charge on any atom is -0.493 e. The first kappa shape index (κ1) is 23.8. The Kier molecular flexibility index (Phi) is 6.90. The van der Waals surface area contributed by atoms with E-state index in [2.05, 4.69) is 4.99 Å². The lowest BCUT2D eigenvalue weighted by Gasteiger charge is -2.25. The Morgan fingerprint density at radius 3 is 2.59 bits per heavy atom. The van der Waals surface area contributed by atoms with Crippen LogP contribution in [-0.2, 0) is 9.53 Å². The highest BCUT2D eigenvalue weighted by Crippen LogP contribution is 2.36. The van der Waals surface area contributed by atoms with Gasteiger partial charge in [-0.1, -0.05) is 47.2 Å². The van der Waals surface area contributed by atoms with Crippen LogP contribution >= 0.6 is 22.9 Å². The van der Waals surface area contributed by atoms with Gasteiger partial charge < -0.3 is 14.2 Å². The van der Waals surface area contributed by atoms with Gasteiger partial charge in [-0.05, 0) is 49.2 Å². The number of hydrogen-bond donors (Lipinski definition) is 0. The zero-order valence-electron chi connectivity index (χ0n) is 19.1. The van der Waals surface area contributed by atoms with E-state index in [4.69, 9.17) is 25.8 Å². The Hall–Kier alpha value is -3.36. The molecule has 0 aliphatic carbocycles. The molecule has 1 aliphatic heterocycles. The molecular formula is C25H23ClN2O5S. The molecule has 0 fully saturated rings. The second-order valence-corrected chi connectivity index (χ2v) is 8.85. The van der Waals surface area contributed by atoms with Gasteiger partial charge in [0.2, 0.25) is 0 Å². The number of carbonyl (C=O) groups excluding carboxylic acids is 1. The van der Waals surface area contributed by atoms with Gasteiger partial charge in [0, 0.05) is 5.02 Å². The van der Waals surface area contributed by atoms with E-state index in [0.717, 1.165) is 5.56 Å². The molecule has 0 saturated carbocycles. The topological polar surface area (TPSA) is 79.1 Å². The number of thiazole rings is 1. The highest BCUT2D eigenvalue weighted by atomic mass is 35.5. The highest BCUT2D eigenvalue weighted by molar-refractivity contribution is 7.07. The van der Waals surface area contributed by atoms with E-state index in [1.54, 1.807) is 51.3 Å². The second-order valence-electron chi connectivity index (χ2n) is 7.44. The maximum atomic E-state index is 13.6. The molecule has 34 heavy (non-hydrogen) atoms. The largest absolute Gasteiger partial charge is 0.493 e. The first-order valence-electron chi connectivity index (χ1n) is 10.6. The van der Waals surface area contributed by atoms with Crippen LogP contribution in [0.5, 0.6) is 11.5 Å². The van der Waals surface area contributed by atoms with E-state index < -0.39 is 12.0 Å². The fraction of sp³-hybridized carbons (Fsp3) is 0.240. The quantitative estimate of drug-likeness (QED) is 0.486. The van der Waals surface area contributed by atoms with Crippen molar-refractivity contribution >= 4 is 35.0 Å². The molecule has 1 aliphatic rings. The van der Waals surface area contributed by atoms with Crippen LogP contribution in [0.3, 0.4) is 0 Å². The fourth-order valence-corrected chi connectivity index (χ4v) is 5.09. The van der Waals surface area contributed by atoms with Gasteiger partial charge in [-0.15, -0.1) is 0 Å². The fourth-order valence-electron chi connectivity index (χ4n) is 3.86. The molecule has 2 aromatic carbocycles. The summed E-state index contributed by atoms with van der Waals surface area (Å²) in [6.45, 7) is 3.67. The molecule has 0 radical (unpaired) electrons. The molecule has 7 nitrogen and oxygen atoms in total. The summed E-state index contributed by atoms with van der Waals surface area (Å²) in [5, 5.41) is 0.535. The number of rotatable bonds is 6. The van der Waals surface area contributed by atoms with Crippen molar-refractivity contribution in [2.75, 3.05) is 20.8 Å². The summed E-state index contributed by atoms with van der Waals surface area (Å²) >= 11 is 7.55. The average molecular weight is 499 g/mol. The summed E-state index contributed by atoms with van der Waals surface area (Å²) in [4.78, 5) is 31.7. The molecule has 9 heteroatoms. The normalized spacial score (nSPS) is 15.6. The number of methoxy groups -OCH3 is 2. The maximum Gasteiger partial charge on any atom is 0.338 e. The van der Waals surface area contributed by atoms with Crippen LogP contribution < -0.4 is 24.4 Å². The molecule has 4 rings (SSSR count). The van der Waals surface area contributed by atoms with Crippen molar-refractivity contribution in [3.8, 4) is 11.5 Å². The SMILES string of the molecule is CCOC(=O)C1=C(C)N=c2s/c(=C/c3ccccc3Cl)c(=O)n2[C@@H]1c1ccc(OC)c(OC)c1. The average Bonchev–Trinajstić information content (AvgIpc) is 3.13. The lowest BCUT2D eigenvalue weighted by molar-refractivity contribution is -0.139. The number of esters is 1. The molecule has 0 spiro atoms. The number of ether oxygens (including phenoxy) is 3. The molecule has 0 N–H and O–H groups in total. The molecule has 0 amide bonds. The number of halogens is 1. The summed E-state index contributed by atoms with van der Waals surface area (Å²) in [5.74, 6) is 0.496. The van der Waals surface area contributed by atoms with Gasteiger partial charge in [0.1, 0.15) is 0 Å².